The number of rotatable bonds is 7. The summed E-state index contributed by atoms with van der Waals surface area (Å²) in [5, 5.41) is 11.9. The molecule has 0 fully saturated rings. The first-order valence-corrected chi connectivity index (χ1v) is 6.97. The lowest BCUT2D eigenvalue weighted by Gasteiger charge is -2.08. The minimum absolute atomic E-state index is 0.0252. The minimum Gasteiger partial charge on any atom is -0.478 e. The van der Waals surface area contributed by atoms with E-state index in [1.165, 1.54) is 30.0 Å². The largest absolute Gasteiger partial charge is 0.478 e. The molecule has 0 aromatic heterocycles. The summed E-state index contributed by atoms with van der Waals surface area (Å²) >= 11 is 7.13. The molecule has 1 aromatic rings. The van der Waals surface area contributed by atoms with Gasteiger partial charge in [0.2, 0.25) is 5.91 Å². The lowest BCUT2D eigenvalue weighted by Crippen LogP contribution is -2.17. The molecule has 0 saturated carbocycles. The Morgan fingerprint density at radius 2 is 2.21 bits per heavy atom. The van der Waals surface area contributed by atoms with Gasteiger partial charge in [0.05, 0.1) is 23.6 Å². The van der Waals surface area contributed by atoms with Crippen molar-refractivity contribution in [3.8, 4) is 0 Å². The number of ether oxygens (including phenoxy) is 1. The van der Waals surface area contributed by atoms with Gasteiger partial charge < -0.3 is 15.2 Å². The summed E-state index contributed by atoms with van der Waals surface area (Å²) in [5.41, 5.74) is 0.219. The summed E-state index contributed by atoms with van der Waals surface area (Å²) in [6.45, 7) is 0.569. The molecule has 0 unspecified atom stereocenters. The molecule has 1 amide bonds. The SMILES string of the molecule is COCCSCC(=O)Nc1ccc(Cl)cc1C(=O)O. The second kappa shape index (κ2) is 8.04. The van der Waals surface area contributed by atoms with Crippen LogP contribution in [0.1, 0.15) is 10.4 Å². The average molecular weight is 304 g/mol. The Morgan fingerprint density at radius 1 is 1.47 bits per heavy atom. The van der Waals surface area contributed by atoms with Gasteiger partial charge in [0.25, 0.3) is 0 Å². The van der Waals surface area contributed by atoms with Crippen LogP contribution in [0.25, 0.3) is 0 Å². The number of thioether (sulfide) groups is 1. The third-order valence-electron chi connectivity index (χ3n) is 2.15. The van der Waals surface area contributed by atoms with Crippen LogP contribution in [0, 0.1) is 0 Å². The summed E-state index contributed by atoms with van der Waals surface area (Å²) in [5.74, 6) is -0.447. The first kappa shape index (κ1) is 15.8. The molecule has 0 atom stereocenters. The van der Waals surface area contributed by atoms with E-state index in [9.17, 15) is 9.59 Å². The third-order valence-corrected chi connectivity index (χ3v) is 3.31. The fraction of sp³-hybridized carbons (Fsp3) is 0.333. The van der Waals surface area contributed by atoms with Crippen LogP contribution in [0.2, 0.25) is 5.02 Å². The minimum atomic E-state index is -1.13. The maximum Gasteiger partial charge on any atom is 0.337 e. The molecule has 1 rings (SSSR count). The smallest absolute Gasteiger partial charge is 0.337 e. The van der Waals surface area contributed by atoms with Crippen molar-refractivity contribution in [2.75, 3.05) is 30.5 Å². The second-order valence-corrected chi connectivity index (χ2v) is 5.13. The zero-order chi connectivity index (χ0) is 14.3. The molecule has 0 radical (unpaired) electrons. The highest BCUT2D eigenvalue weighted by Gasteiger charge is 2.13. The Labute approximate surface area is 120 Å². The van der Waals surface area contributed by atoms with Gasteiger partial charge in [0, 0.05) is 17.9 Å². The van der Waals surface area contributed by atoms with E-state index in [4.69, 9.17) is 21.4 Å². The maximum atomic E-state index is 11.6. The molecule has 0 aliphatic rings. The third kappa shape index (κ3) is 5.50. The number of hydrogen-bond donors (Lipinski definition) is 2. The number of methoxy groups -OCH3 is 1. The normalized spacial score (nSPS) is 10.2. The van der Waals surface area contributed by atoms with Crippen molar-refractivity contribution in [2.24, 2.45) is 0 Å². The number of carbonyl (C=O) groups excluding carboxylic acids is 1. The highest BCUT2D eigenvalue weighted by atomic mass is 35.5. The first-order valence-electron chi connectivity index (χ1n) is 5.44. The number of aromatic carboxylic acids is 1. The fourth-order valence-electron chi connectivity index (χ4n) is 1.30. The molecule has 7 heteroatoms. The predicted octanol–water partition coefficient (Wildman–Crippen LogP) is 2.36. The highest BCUT2D eigenvalue weighted by Crippen LogP contribution is 2.21. The van der Waals surface area contributed by atoms with Gasteiger partial charge in [0.15, 0.2) is 0 Å². The number of amides is 1. The summed E-state index contributed by atoms with van der Waals surface area (Å²) in [4.78, 5) is 22.7. The summed E-state index contributed by atoms with van der Waals surface area (Å²) in [7, 11) is 1.59. The monoisotopic (exact) mass is 303 g/mol. The van der Waals surface area contributed by atoms with Crippen LogP contribution in [0.15, 0.2) is 18.2 Å². The number of hydrogen-bond acceptors (Lipinski definition) is 4. The Hall–Kier alpha value is -1.24. The number of benzene rings is 1. The van der Waals surface area contributed by atoms with Gasteiger partial charge in [-0.05, 0) is 18.2 Å². The highest BCUT2D eigenvalue weighted by molar-refractivity contribution is 7.99. The fourth-order valence-corrected chi connectivity index (χ4v) is 2.15. The Kier molecular flexibility index (Phi) is 6.69. The van der Waals surface area contributed by atoms with Gasteiger partial charge in [-0.3, -0.25) is 4.79 Å². The predicted molar refractivity (Wildman–Crippen MR) is 76.2 cm³/mol. The van der Waals surface area contributed by atoms with Gasteiger partial charge in [-0.15, -0.1) is 11.8 Å². The molecule has 19 heavy (non-hydrogen) atoms. The van der Waals surface area contributed by atoms with Crippen molar-refractivity contribution >= 4 is 40.9 Å². The van der Waals surface area contributed by atoms with Crippen LogP contribution in [0.3, 0.4) is 0 Å². The molecule has 0 aliphatic carbocycles. The maximum absolute atomic E-state index is 11.6. The van der Waals surface area contributed by atoms with Crippen molar-refractivity contribution in [1.29, 1.82) is 0 Å². The number of halogens is 1. The van der Waals surface area contributed by atoms with Crippen LogP contribution in [-0.2, 0) is 9.53 Å². The van der Waals surface area contributed by atoms with Gasteiger partial charge in [-0.1, -0.05) is 11.6 Å². The van der Waals surface area contributed by atoms with E-state index in [0.29, 0.717) is 17.4 Å². The molecule has 0 aliphatic heterocycles. The number of carboxylic acid groups (broad SMARTS) is 1. The average Bonchev–Trinajstić information content (AvgIpc) is 2.36. The molecule has 2 N–H and O–H groups in total. The van der Waals surface area contributed by atoms with E-state index in [-0.39, 0.29) is 22.9 Å². The van der Waals surface area contributed by atoms with Gasteiger partial charge >= 0.3 is 5.97 Å². The number of carbonyl (C=O) groups is 2. The molecule has 104 valence electrons. The van der Waals surface area contributed by atoms with Crippen LogP contribution in [0.4, 0.5) is 5.69 Å². The number of anilines is 1. The molecule has 0 bridgehead atoms. The van der Waals surface area contributed by atoms with Crippen LogP contribution in [-0.4, -0.2) is 42.2 Å². The molecule has 0 saturated heterocycles. The van der Waals surface area contributed by atoms with Crippen molar-refractivity contribution < 1.29 is 19.4 Å². The standard InChI is InChI=1S/C12H14ClNO4S/c1-18-4-5-19-7-11(15)14-10-3-2-8(13)6-9(10)12(16)17/h2-3,6H,4-5,7H2,1H3,(H,14,15)(H,16,17). The molecular formula is C12H14ClNO4S. The van der Waals surface area contributed by atoms with E-state index in [2.05, 4.69) is 5.32 Å². The molecule has 0 spiro atoms. The zero-order valence-corrected chi connectivity index (χ0v) is 11.9. The lowest BCUT2D eigenvalue weighted by atomic mass is 10.2. The molecule has 0 heterocycles. The second-order valence-electron chi connectivity index (χ2n) is 3.59. The number of nitrogens with one attached hydrogen (secondary N) is 1. The Bertz CT molecular complexity index is 467. The van der Waals surface area contributed by atoms with E-state index in [1.54, 1.807) is 7.11 Å². The van der Waals surface area contributed by atoms with Gasteiger partial charge in [-0.25, -0.2) is 4.79 Å². The number of carboxylic acids is 1. The quantitative estimate of drug-likeness (QED) is 0.756. The Morgan fingerprint density at radius 3 is 2.84 bits per heavy atom. The van der Waals surface area contributed by atoms with Gasteiger partial charge in [-0.2, -0.15) is 0 Å². The van der Waals surface area contributed by atoms with Gasteiger partial charge in [0.1, 0.15) is 0 Å². The van der Waals surface area contributed by atoms with E-state index in [0.717, 1.165) is 0 Å². The van der Waals surface area contributed by atoms with Crippen LogP contribution >= 0.6 is 23.4 Å². The van der Waals surface area contributed by atoms with Crippen molar-refractivity contribution in [3.05, 3.63) is 28.8 Å². The van der Waals surface area contributed by atoms with E-state index >= 15 is 0 Å². The topological polar surface area (TPSA) is 75.6 Å². The zero-order valence-electron chi connectivity index (χ0n) is 10.3. The van der Waals surface area contributed by atoms with Crippen molar-refractivity contribution in [3.63, 3.8) is 0 Å². The molecule has 5 nitrogen and oxygen atoms in total. The van der Waals surface area contributed by atoms with Crippen molar-refractivity contribution in [2.45, 2.75) is 0 Å². The lowest BCUT2D eigenvalue weighted by molar-refractivity contribution is -0.113. The van der Waals surface area contributed by atoms with E-state index < -0.39 is 5.97 Å². The van der Waals surface area contributed by atoms with E-state index in [1.807, 2.05) is 0 Å². The Balaban J connectivity index is 2.61. The van der Waals surface area contributed by atoms with Crippen LogP contribution in [0.5, 0.6) is 0 Å². The summed E-state index contributed by atoms with van der Waals surface area (Å²) < 4.78 is 4.86. The molecule has 1 aromatic carbocycles. The van der Waals surface area contributed by atoms with Crippen molar-refractivity contribution in [1.82, 2.24) is 0 Å². The van der Waals surface area contributed by atoms with Crippen LogP contribution < -0.4 is 5.32 Å². The summed E-state index contributed by atoms with van der Waals surface area (Å²) in [6, 6.07) is 4.31. The molecular weight excluding hydrogens is 290 g/mol. The first-order chi connectivity index (χ1) is 9.04. The summed E-state index contributed by atoms with van der Waals surface area (Å²) in [6.07, 6.45) is 0.